The lowest BCUT2D eigenvalue weighted by Gasteiger charge is -2.30. The average molecular weight is 310 g/mol. The van der Waals surface area contributed by atoms with Gasteiger partial charge < -0.3 is 9.47 Å². The van der Waals surface area contributed by atoms with Crippen molar-refractivity contribution < 1.29 is 19.1 Å². The van der Waals surface area contributed by atoms with Gasteiger partial charge in [0.05, 0.1) is 24.9 Å². The fourth-order valence-electron chi connectivity index (χ4n) is 2.80. The van der Waals surface area contributed by atoms with Gasteiger partial charge in [-0.05, 0) is 23.3 Å². The van der Waals surface area contributed by atoms with Crippen molar-refractivity contribution in [3.63, 3.8) is 0 Å². The van der Waals surface area contributed by atoms with E-state index in [1.54, 1.807) is 12.1 Å². The van der Waals surface area contributed by atoms with Crippen LogP contribution in [0, 0.1) is 0 Å². The van der Waals surface area contributed by atoms with Crippen LogP contribution in [0.25, 0.3) is 0 Å². The number of hydrogen-bond donors (Lipinski definition) is 0. The third-order valence-electron chi connectivity index (χ3n) is 4.03. The fraction of sp³-hybridized carbons (Fsp3) is 0.263. The number of Topliss-reactive ketones (excluding diaryl/α,β-unsaturated/α-hetero) is 1. The fourth-order valence-corrected chi connectivity index (χ4v) is 2.80. The van der Waals surface area contributed by atoms with Crippen LogP contribution in [0.1, 0.15) is 46.5 Å². The highest BCUT2D eigenvalue weighted by atomic mass is 16.5. The Labute approximate surface area is 135 Å². The van der Waals surface area contributed by atoms with Crippen LogP contribution in [-0.4, -0.2) is 18.9 Å². The third kappa shape index (κ3) is 3.48. The van der Waals surface area contributed by atoms with Crippen LogP contribution in [-0.2, 0) is 14.3 Å². The van der Waals surface area contributed by atoms with Gasteiger partial charge in [-0.3, -0.25) is 4.79 Å². The van der Waals surface area contributed by atoms with E-state index in [0.29, 0.717) is 18.4 Å². The van der Waals surface area contributed by atoms with Crippen LogP contribution in [0.3, 0.4) is 0 Å². The minimum atomic E-state index is -0.376. The number of carbonyl (C=O) groups is 2. The topological polar surface area (TPSA) is 52.6 Å². The quantitative estimate of drug-likeness (QED) is 0.812. The van der Waals surface area contributed by atoms with E-state index in [1.807, 2.05) is 42.5 Å². The first-order chi connectivity index (χ1) is 11.2. The van der Waals surface area contributed by atoms with Crippen LogP contribution in [0.4, 0.5) is 0 Å². The molecule has 1 fully saturated rings. The van der Waals surface area contributed by atoms with Gasteiger partial charge in [0.1, 0.15) is 5.78 Å². The summed E-state index contributed by atoms with van der Waals surface area (Å²) in [5.41, 5.74) is 2.39. The summed E-state index contributed by atoms with van der Waals surface area (Å²) in [5, 5.41) is 0. The molecule has 0 N–H and O–H groups in total. The van der Waals surface area contributed by atoms with Crippen LogP contribution in [0.2, 0.25) is 0 Å². The van der Waals surface area contributed by atoms with E-state index in [9.17, 15) is 9.59 Å². The number of ether oxygens (including phenoxy) is 2. The summed E-state index contributed by atoms with van der Waals surface area (Å²) in [6.45, 7) is 0. The second-order valence-electron chi connectivity index (χ2n) is 5.58. The molecule has 3 rings (SSSR count). The van der Waals surface area contributed by atoms with Gasteiger partial charge in [-0.15, -0.1) is 0 Å². The summed E-state index contributed by atoms with van der Waals surface area (Å²) < 4.78 is 10.8. The second kappa shape index (κ2) is 6.75. The largest absolute Gasteiger partial charge is 0.465 e. The molecule has 0 radical (unpaired) electrons. The second-order valence-corrected chi connectivity index (χ2v) is 5.58. The molecule has 0 aliphatic carbocycles. The normalized spacial score (nSPS) is 21.0. The predicted octanol–water partition coefficient (Wildman–Crippen LogP) is 3.64. The first kappa shape index (κ1) is 15.4. The summed E-state index contributed by atoms with van der Waals surface area (Å²) in [5.74, 6) is -0.188. The maximum Gasteiger partial charge on any atom is 0.337 e. The highest BCUT2D eigenvalue weighted by Crippen LogP contribution is 2.36. The highest BCUT2D eigenvalue weighted by molar-refractivity contribution is 5.89. The van der Waals surface area contributed by atoms with Crippen molar-refractivity contribution in [2.75, 3.05) is 7.11 Å². The number of carbonyl (C=O) groups excluding carboxylic acids is 2. The lowest BCUT2D eigenvalue weighted by Crippen LogP contribution is -2.23. The number of esters is 1. The van der Waals surface area contributed by atoms with Crippen molar-refractivity contribution in [1.82, 2.24) is 0 Å². The van der Waals surface area contributed by atoms with Crippen LogP contribution in [0.5, 0.6) is 0 Å². The Kier molecular flexibility index (Phi) is 4.53. The Morgan fingerprint density at radius 3 is 2.09 bits per heavy atom. The molecule has 2 aromatic rings. The molecule has 23 heavy (non-hydrogen) atoms. The van der Waals surface area contributed by atoms with Gasteiger partial charge in [0.25, 0.3) is 0 Å². The van der Waals surface area contributed by atoms with Crippen molar-refractivity contribution in [2.45, 2.75) is 25.0 Å². The van der Waals surface area contributed by atoms with Gasteiger partial charge in [-0.1, -0.05) is 42.5 Å². The van der Waals surface area contributed by atoms with Gasteiger partial charge in [0.2, 0.25) is 0 Å². The number of ketones is 1. The van der Waals surface area contributed by atoms with Crippen molar-refractivity contribution in [1.29, 1.82) is 0 Å². The smallest absolute Gasteiger partial charge is 0.337 e. The summed E-state index contributed by atoms with van der Waals surface area (Å²) in [4.78, 5) is 23.6. The Hall–Kier alpha value is -2.46. The van der Waals surface area contributed by atoms with E-state index in [2.05, 4.69) is 4.74 Å². The molecule has 1 aliphatic rings. The Balaban J connectivity index is 1.79. The molecule has 4 nitrogen and oxygen atoms in total. The number of methoxy groups -OCH3 is 1. The lowest BCUT2D eigenvalue weighted by atomic mass is 9.94. The Morgan fingerprint density at radius 1 is 0.957 bits per heavy atom. The molecule has 0 aromatic heterocycles. The zero-order chi connectivity index (χ0) is 16.2. The van der Waals surface area contributed by atoms with E-state index in [1.165, 1.54) is 7.11 Å². The molecule has 0 bridgehead atoms. The van der Waals surface area contributed by atoms with Crippen LogP contribution < -0.4 is 0 Å². The average Bonchev–Trinajstić information content (AvgIpc) is 2.61. The van der Waals surface area contributed by atoms with E-state index in [0.717, 1.165) is 11.1 Å². The van der Waals surface area contributed by atoms with Crippen LogP contribution >= 0.6 is 0 Å². The monoisotopic (exact) mass is 310 g/mol. The molecule has 0 unspecified atom stereocenters. The number of rotatable bonds is 3. The van der Waals surface area contributed by atoms with Crippen LogP contribution in [0.15, 0.2) is 54.6 Å². The van der Waals surface area contributed by atoms with Gasteiger partial charge in [0.15, 0.2) is 0 Å². The minimum Gasteiger partial charge on any atom is -0.465 e. The summed E-state index contributed by atoms with van der Waals surface area (Å²) >= 11 is 0. The van der Waals surface area contributed by atoms with E-state index >= 15 is 0 Å². The van der Waals surface area contributed by atoms with Crippen molar-refractivity contribution in [3.05, 3.63) is 71.3 Å². The van der Waals surface area contributed by atoms with Crippen molar-refractivity contribution >= 4 is 11.8 Å². The number of benzene rings is 2. The zero-order valence-electron chi connectivity index (χ0n) is 12.9. The molecule has 1 aliphatic heterocycles. The van der Waals surface area contributed by atoms with E-state index in [-0.39, 0.29) is 24.0 Å². The molecular formula is C19H18O4. The van der Waals surface area contributed by atoms with E-state index < -0.39 is 0 Å². The third-order valence-corrected chi connectivity index (χ3v) is 4.03. The molecule has 4 heteroatoms. The van der Waals surface area contributed by atoms with Crippen molar-refractivity contribution in [3.8, 4) is 0 Å². The summed E-state index contributed by atoms with van der Waals surface area (Å²) in [6, 6.07) is 16.8. The predicted molar refractivity (Wildman–Crippen MR) is 85.0 cm³/mol. The highest BCUT2D eigenvalue weighted by Gasteiger charge is 2.29. The molecule has 118 valence electrons. The van der Waals surface area contributed by atoms with Gasteiger partial charge in [0, 0.05) is 12.8 Å². The standard InChI is InChI=1S/C19H18O4/c1-22-19(21)15-9-7-14(8-10-15)18-12-16(20)11-17(23-18)13-5-3-2-4-6-13/h2-10,17-18H,11-12H2,1H3/t17-,18+/m0/s1. The first-order valence-electron chi connectivity index (χ1n) is 7.58. The maximum atomic E-state index is 12.1. The van der Waals surface area contributed by atoms with Gasteiger partial charge in [-0.25, -0.2) is 4.79 Å². The molecular weight excluding hydrogens is 292 g/mol. The van der Waals surface area contributed by atoms with Gasteiger partial charge in [-0.2, -0.15) is 0 Å². The SMILES string of the molecule is COC(=O)c1ccc([C@H]2CC(=O)C[C@@H](c3ccccc3)O2)cc1. The molecule has 0 saturated carbocycles. The van der Waals surface area contributed by atoms with Gasteiger partial charge >= 0.3 is 5.97 Å². The lowest BCUT2D eigenvalue weighted by molar-refractivity contribution is -0.136. The summed E-state index contributed by atoms with van der Waals surface area (Å²) in [7, 11) is 1.35. The Morgan fingerprint density at radius 2 is 1.52 bits per heavy atom. The molecule has 0 amide bonds. The minimum absolute atomic E-state index is 0.187. The zero-order valence-corrected chi connectivity index (χ0v) is 12.9. The van der Waals surface area contributed by atoms with E-state index in [4.69, 9.17) is 4.74 Å². The Bertz CT molecular complexity index is 691. The molecule has 2 atom stereocenters. The summed E-state index contributed by atoms with van der Waals surface area (Å²) in [6.07, 6.45) is 0.262. The molecule has 0 spiro atoms. The molecule has 1 saturated heterocycles. The molecule has 2 aromatic carbocycles. The first-order valence-corrected chi connectivity index (χ1v) is 7.58. The van der Waals surface area contributed by atoms with Crippen molar-refractivity contribution in [2.24, 2.45) is 0 Å². The maximum absolute atomic E-state index is 12.1. The molecule has 1 heterocycles. The number of hydrogen-bond acceptors (Lipinski definition) is 4.